The summed E-state index contributed by atoms with van der Waals surface area (Å²) in [6, 6.07) is 6.66. The van der Waals surface area contributed by atoms with E-state index in [2.05, 4.69) is 29.0 Å². The molecule has 0 amide bonds. The highest BCUT2D eigenvalue weighted by Gasteiger charge is 2.16. The average molecular weight is 279 g/mol. The fourth-order valence-electron chi connectivity index (χ4n) is 2.67. The Bertz CT molecular complexity index is 400. The number of piperazine rings is 1. The van der Waals surface area contributed by atoms with Crippen molar-refractivity contribution in [2.45, 2.75) is 13.8 Å². The Balaban J connectivity index is 1.64. The molecule has 0 atom stereocenters. The van der Waals surface area contributed by atoms with E-state index in [4.69, 9.17) is 0 Å². The normalized spacial score (nSPS) is 17.6. The number of benzene rings is 1. The highest BCUT2D eigenvalue weighted by molar-refractivity contribution is 5.42. The average Bonchev–Trinajstić information content (AvgIpc) is 2.40. The van der Waals surface area contributed by atoms with Crippen LogP contribution in [0.15, 0.2) is 24.3 Å². The molecule has 0 aromatic heterocycles. The number of rotatable bonds is 6. The second-order valence-corrected chi connectivity index (χ2v) is 5.97. The van der Waals surface area contributed by atoms with Gasteiger partial charge >= 0.3 is 0 Å². The summed E-state index contributed by atoms with van der Waals surface area (Å²) in [6.07, 6.45) is 0. The van der Waals surface area contributed by atoms with Gasteiger partial charge < -0.3 is 10.2 Å². The molecule has 1 N–H and O–H groups in total. The Morgan fingerprint density at radius 1 is 1.15 bits per heavy atom. The zero-order valence-electron chi connectivity index (χ0n) is 12.6. The van der Waals surface area contributed by atoms with Gasteiger partial charge in [0.25, 0.3) is 0 Å². The summed E-state index contributed by atoms with van der Waals surface area (Å²) in [5.74, 6) is 0.563. The topological polar surface area (TPSA) is 18.5 Å². The third kappa shape index (κ3) is 5.10. The zero-order valence-corrected chi connectivity index (χ0v) is 12.6. The maximum atomic E-state index is 13.0. The molecule has 0 unspecified atom stereocenters. The van der Waals surface area contributed by atoms with Crippen LogP contribution in [0.1, 0.15) is 13.8 Å². The molecule has 1 aliphatic heterocycles. The summed E-state index contributed by atoms with van der Waals surface area (Å²) < 4.78 is 13.0. The summed E-state index contributed by atoms with van der Waals surface area (Å²) in [5.41, 5.74) is 0.864. The SMILES string of the molecule is CC(C)CN1CCN(CCNc2cccc(F)c2)CC1. The number of hydrogen-bond acceptors (Lipinski definition) is 3. The summed E-state index contributed by atoms with van der Waals surface area (Å²) in [4.78, 5) is 5.02. The fraction of sp³-hybridized carbons (Fsp3) is 0.625. The van der Waals surface area contributed by atoms with Crippen molar-refractivity contribution in [2.75, 3.05) is 51.1 Å². The van der Waals surface area contributed by atoms with Crippen molar-refractivity contribution in [3.8, 4) is 0 Å². The van der Waals surface area contributed by atoms with Crippen molar-refractivity contribution in [3.05, 3.63) is 30.1 Å². The monoisotopic (exact) mass is 279 g/mol. The first kappa shape index (κ1) is 15.3. The molecule has 1 saturated heterocycles. The molecule has 0 spiro atoms. The molecule has 0 radical (unpaired) electrons. The van der Waals surface area contributed by atoms with Gasteiger partial charge in [-0.2, -0.15) is 0 Å². The van der Waals surface area contributed by atoms with Gasteiger partial charge in [-0.25, -0.2) is 4.39 Å². The largest absolute Gasteiger partial charge is 0.384 e. The second kappa shape index (κ2) is 7.60. The first-order chi connectivity index (χ1) is 9.63. The summed E-state index contributed by atoms with van der Waals surface area (Å²) >= 11 is 0. The fourth-order valence-corrected chi connectivity index (χ4v) is 2.67. The summed E-state index contributed by atoms with van der Waals surface area (Å²) in [5, 5.41) is 3.28. The highest BCUT2D eigenvalue weighted by Crippen LogP contribution is 2.09. The van der Waals surface area contributed by atoms with Crippen LogP contribution in [-0.4, -0.2) is 55.6 Å². The Hall–Kier alpha value is -1.13. The van der Waals surface area contributed by atoms with Crippen LogP contribution in [0.25, 0.3) is 0 Å². The van der Waals surface area contributed by atoms with Crippen LogP contribution in [-0.2, 0) is 0 Å². The first-order valence-corrected chi connectivity index (χ1v) is 7.57. The lowest BCUT2D eigenvalue weighted by atomic mass is 10.2. The van der Waals surface area contributed by atoms with Gasteiger partial charge in [-0.3, -0.25) is 4.90 Å². The minimum Gasteiger partial charge on any atom is -0.384 e. The number of halogens is 1. The van der Waals surface area contributed by atoms with Crippen LogP contribution in [0.4, 0.5) is 10.1 Å². The molecule has 1 aromatic carbocycles. The lowest BCUT2D eigenvalue weighted by molar-refractivity contribution is 0.125. The van der Waals surface area contributed by atoms with E-state index in [0.717, 1.165) is 50.9 Å². The van der Waals surface area contributed by atoms with Crippen LogP contribution in [0.2, 0.25) is 0 Å². The van der Waals surface area contributed by atoms with Crippen LogP contribution in [0.3, 0.4) is 0 Å². The molecule has 3 nitrogen and oxygen atoms in total. The Labute approximate surface area is 121 Å². The van der Waals surface area contributed by atoms with Gasteiger partial charge in [0, 0.05) is 51.5 Å². The van der Waals surface area contributed by atoms with Crippen molar-refractivity contribution in [2.24, 2.45) is 5.92 Å². The second-order valence-electron chi connectivity index (χ2n) is 5.97. The minimum atomic E-state index is -0.183. The molecule has 0 aliphatic carbocycles. The summed E-state index contributed by atoms with van der Waals surface area (Å²) in [7, 11) is 0. The van der Waals surface area contributed by atoms with Crippen LogP contribution >= 0.6 is 0 Å². The zero-order chi connectivity index (χ0) is 14.4. The molecule has 0 bridgehead atoms. The molecular formula is C16H26FN3. The number of nitrogens with zero attached hydrogens (tertiary/aromatic N) is 2. The van der Waals surface area contributed by atoms with Crippen molar-refractivity contribution < 1.29 is 4.39 Å². The van der Waals surface area contributed by atoms with Crippen LogP contribution in [0, 0.1) is 11.7 Å². The quantitative estimate of drug-likeness (QED) is 0.863. The molecule has 4 heteroatoms. The van der Waals surface area contributed by atoms with Crippen molar-refractivity contribution >= 4 is 5.69 Å². The molecule has 0 saturated carbocycles. The molecule has 1 fully saturated rings. The lowest BCUT2D eigenvalue weighted by Crippen LogP contribution is -2.48. The number of hydrogen-bond donors (Lipinski definition) is 1. The Morgan fingerprint density at radius 2 is 1.85 bits per heavy atom. The van der Waals surface area contributed by atoms with E-state index in [1.165, 1.54) is 12.6 Å². The highest BCUT2D eigenvalue weighted by atomic mass is 19.1. The summed E-state index contributed by atoms with van der Waals surface area (Å²) in [6.45, 7) is 12.2. The molecule has 1 aliphatic rings. The van der Waals surface area contributed by atoms with Crippen molar-refractivity contribution in [3.63, 3.8) is 0 Å². The molecule has 1 heterocycles. The van der Waals surface area contributed by atoms with Gasteiger partial charge in [-0.1, -0.05) is 19.9 Å². The number of anilines is 1. The van der Waals surface area contributed by atoms with Crippen molar-refractivity contribution in [1.82, 2.24) is 9.80 Å². The van der Waals surface area contributed by atoms with E-state index in [1.54, 1.807) is 12.1 Å². The Morgan fingerprint density at radius 3 is 2.50 bits per heavy atom. The lowest BCUT2D eigenvalue weighted by Gasteiger charge is -2.35. The van der Waals surface area contributed by atoms with Gasteiger partial charge in [0.2, 0.25) is 0 Å². The van der Waals surface area contributed by atoms with E-state index < -0.39 is 0 Å². The predicted molar refractivity (Wildman–Crippen MR) is 82.6 cm³/mol. The van der Waals surface area contributed by atoms with Crippen LogP contribution in [0.5, 0.6) is 0 Å². The maximum absolute atomic E-state index is 13.0. The third-order valence-corrected chi connectivity index (χ3v) is 3.67. The van der Waals surface area contributed by atoms with Gasteiger partial charge in [0.05, 0.1) is 0 Å². The molecule has 2 rings (SSSR count). The van der Waals surface area contributed by atoms with E-state index in [1.807, 2.05) is 6.07 Å². The van der Waals surface area contributed by atoms with E-state index in [-0.39, 0.29) is 5.82 Å². The van der Waals surface area contributed by atoms with Gasteiger partial charge in [-0.05, 0) is 24.1 Å². The number of nitrogens with one attached hydrogen (secondary N) is 1. The molecule has 20 heavy (non-hydrogen) atoms. The minimum absolute atomic E-state index is 0.183. The van der Waals surface area contributed by atoms with E-state index >= 15 is 0 Å². The predicted octanol–water partition coefficient (Wildman–Crippen LogP) is 2.51. The smallest absolute Gasteiger partial charge is 0.125 e. The maximum Gasteiger partial charge on any atom is 0.125 e. The molecular weight excluding hydrogens is 253 g/mol. The standard InChI is InChI=1S/C16H26FN3/c1-14(2)13-20-10-8-19(9-11-20)7-6-18-16-5-3-4-15(17)12-16/h3-5,12,14,18H,6-11,13H2,1-2H3. The van der Waals surface area contributed by atoms with Crippen LogP contribution < -0.4 is 5.32 Å². The van der Waals surface area contributed by atoms with Gasteiger partial charge in [0.15, 0.2) is 0 Å². The Kier molecular flexibility index (Phi) is 5.80. The van der Waals surface area contributed by atoms with Gasteiger partial charge in [-0.15, -0.1) is 0 Å². The van der Waals surface area contributed by atoms with E-state index in [9.17, 15) is 4.39 Å². The van der Waals surface area contributed by atoms with E-state index in [0.29, 0.717) is 0 Å². The third-order valence-electron chi connectivity index (χ3n) is 3.67. The van der Waals surface area contributed by atoms with Crippen molar-refractivity contribution in [1.29, 1.82) is 0 Å². The van der Waals surface area contributed by atoms with Gasteiger partial charge in [0.1, 0.15) is 5.82 Å². The molecule has 1 aromatic rings. The first-order valence-electron chi connectivity index (χ1n) is 7.57. The molecule has 112 valence electrons.